The number of nitrogens with zero attached hydrogens (tertiary/aromatic N) is 1. The number of ether oxygens (including phenoxy) is 2. The molecule has 0 aliphatic heterocycles. The van der Waals surface area contributed by atoms with Gasteiger partial charge < -0.3 is 14.8 Å². The zero-order chi connectivity index (χ0) is 18.0. The van der Waals surface area contributed by atoms with Gasteiger partial charge >= 0.3 is 0 Å². The summed E-state index contributed by atoms with van der Waals surface area (Å²) < 4.78 is 11.0. The van der Waals surface area contributed by atoms with E-state index in [1.807, 2.05) is 6.92 Å². The average molecular weight is 332 g/mol. The maximum absolute atomic E-state index is 12.6. The lowest BCUT2D eigenvalue weighted by Gasteiger charge is -2.27. The van der Waals surface area contributed by atoms with Crippen LogP contribution in [0.15, 0.2) is 18.2 Å². The highest BCUT2D eigenvalue weighted by molar-refractivity contribution is 5.98. The molecule has 0 unspecified atom stereocenters. The van der Waals surface area contributed by atoms with E-state index in [2.05, 4.69) is 18.3 Å². The Balaban J connectivity index is 2.86. The zero-order valence-electron chi connectivity index (χ0n) is 15.1. The van der Waals surface area contributed by atoms with Crippen LogP contribution in [0.1, 0.15) is 58.4 Å². The van der Waals surface area contributed by atoms with Crippen LogP contribution in [0, 0.1) is 11.3 Å². The summed E-state index contributed by atoms with van der Waals surface area (Å²) in [7, 11) is 1.54. The molecule has 1 amide bonds. The molecule has 132 valence electrons. The summed E-state index contributed by atoms with van der Waals surface area (Å²) in [6, 6.07) is 7.20. The Morgan fingerprint density at radius 2 is 2.04 bits per heavy atom. The van der Waals surface area contributed by atoms with Crippen molar-refractivity contribution in [3.8, 4) is 11.8 Å². The van der Waals surface area contributed by atoms with Crippen molar-refractivity contribution in [1.82, 2.24) is 0 Å². The first-order valence-corrected chi connectivity index (χ1v) is 8.54. The van der Waals surface area contributed by atoms with Gasteiger partial charge in [-0.25, -0.2) is 0 Å². The van der Waals surface area contributed by atoms with Gasteiger partial charge in [-0.3, -0.25) is 4.79 Å². The highest BCUT2D eigenvalue weighted by Gasteiger charge is 2.32. The first kappa shape index (κ1) is 20.0. The fraction of sp³-hybridized carbons (Fsp3) is 0.579. The lowest BCUT2D eigenvalue weighted by Crippen LogP contribution is -2.42. The molecule has 1 aromatic rings. The second kappa shape index (κ2) is 9.94. The summed E-state index contributed by atoms with van der Waals surface area (Å²) in [6.45, 7) is 6.51. The molecule has 0 heterocycles. The molecule has 5 heteroatoms. The van der Waals surface area contributed by atoms with E-state index < -0.39 is 5.60 Å². The summed E-state index contributed by atoms with van der Waals surface area (Å²) in [5.74, 6) is 0.392. The van der Waals surface area contributed by atoms with Crippen molar-refractivity contribution in [1.29, 1.82) is 5.26 Å². The summed E-state index contributed by atoms with van der Waals surface area (Å²) in [5.41, 5.74) is -0.0479. The number of carbonyl (C=O) groups is 1. The summed E-state index contributed by atoms with van der Waals surface area (Å²) >= 11 is 0. The van der Waals surface area contributed by atoms with Crippen LogP contribution in [0.4, 0.5) is 5.69 Å². The fourth-order valence-corrected chi connectivity index (χ4v) is 2.31. The maximum atomic E-state index is 12.6. The summed E-state index contributed by atoms with van der Waals surface area (Å²) in [6.07, 6.45) is 4.59. The van der Waals surface area contributed by atoms with Gasteiger partial charge in [0, 0.05) is 7.11 Å². The molecule has 0 fully saturated rings. The topological polar surface area (TPSA) is 71.3 Å². The minimum Gasteiger partial charge on any atom is -0.494 e. The summed E-state index contributed by atoms with van der Waals surface area (Å²) in [4.78, 5) is 12.6. The molecule has 1 rings (SSSR count). The van der Waals surface area contributed by atoms with Gasteiger partial charge in [0.1, 0.15) is 17.4 Å². The van der Waals surface area contributed by atoms with Crippen molar-refractivity contribution in [2.75, 3.05) is 19.0 Å². The number of anilines is 1. The number of unbranched alkanes of at least 4 members (excludes halogenated alkanes) is 2. The smallest absolute Gasteiger partial charge is 0.256 e. The predicted molar refractivity (Wildman–Crippen MR) is 95.1 cm³/mol. The summed E-state index contributed by atoms with van der Waals surface area (Å²) in [5, 5.41) is 12.1. The van der Waals surface area contributed by atoms with E-state index in [1.165, 1.54) is 0 Å². The van der Waals surface area contributed by atoms with Crippen LogP contribution in [-0.4, -0.2) is 25.2 Å². The van der Waals surface area contributed by atoms with Gasteiger partial charge in [0.2, 0.25) is 0 Å². The second-order valence-electron chi connectivity index (χ2n) is 6.01. The van der Waals surface area contributed by atoms with Gasteiger partial charge in [-0.15, -0.1) is 0 Å². The number of hydrogen-bond donors (Lipinski definition) is 1. The van der Waals surface area contributed by atoms with E-state index in [0.29, 0.717) is 30.0 Å². The minimum atomic E-state index is -0.903. The Kier molecular flexibility index (Phi) is 8.28. The largest absolute Gasteiger partial charge is 0.494 e. The number of hydrogen-bond acceptors (Lipinski definition) is 4. The van der Waals surface area contributed by atoms with Crippen molar-refractivity contribution in [3.63, 3.8) is 0 Å². The number of rotatable bonds is 10. The van der Waals surface area contributed by atoms with Gasteiger partial charge in [-0.2, -0.15) is 5.26 Å². The predicted octanol–water partition coefficient (Wildman–Crippen LogP) is 4.27. The molecular weight excluding hydrogens is 304 g/mol. The van der Waals surface area contributed by atoms with Gasteiger partial charge in [0.25, 0.3) is 5.91 Å². The number of nitriles is 1. The SMILES string of the molecule is CCCCC[C@@](C)(OC)C(=O)Nc1ccc(OCCC)cc1C#N. The van der Waals surface area contributed by atoms with E-state index >= 15 is 0 Å². The Labute approximate surface area is 145 Å². The first-order valence-electron chi connectivity index (χ1n) is 8.54. The van der Waals surface area contributed by atoms with Crippen molar-refractivity contribution < 1.29 is 14.3 Å². The Morgan fingerprint density at radius 3 is 2.62 bits per heavy atom. The highest BCUT2D eigenvalue weighted by atomic mass is 16.5. The lowest BCUT2D eigenvalue weighted by atomic mass is 9.96. The third-order valence-electron chi connectivity index (χ3n) is 4.02. The van der Waals surface area contributed by atoms with E-state index in [1.54, 1.807) is 32.2 Å². The average Bonchev–Trinajstić information content (AvgIpc) is 2.60. The van der Waals surface area contributed by atoms with Crippen LogP contribution in [0.5, 0.6) is 5.75 Å². The minimum absolute atomic E-state index is 0.236. The van der Waals surface area contributed by atoms with E-state index in [0.717, 1.165) is 25.7 Å². The monoisotopic (exact) mass is 332 g/mol. The molecule has 0 bridgehead atoms. The highest BCUT2D eigenvalue weighted by Crippen LogP contribution is 2.25. The molecule has 0 saturated carbocycles. The fourth-order valence-electron chi connectivity index (χ4n) is 2.31. The van der Waals surface area contributed by atoms with Gasteiger partial charge in [0.05, 0.1) is 17.9 Å². The number of carbonyl (C=O) groups excluding carboxylic acids is 1. The van der Waals surface area contributed by atoms with Crippen LogP contribution >= 0.6 is 0 Å². The number of methoxy groups -OCH3 is 1. The van der Waals surface area contributed by atoms with Crippen molar-refractivity contribution >= 4 is 11.6 Å². The van der Waals surface area contributed by atoms with E-state index in [4.69, 9.17) is 9.47 Å². The van der Waals surface area contributed by atoms with Crippen molar-refractivity contribution in [2.45, 2.75) is 58.5 Å². The molecule has 1 N–H and O–H groups in total. The van der Waals surface area contributed by atoms with Gasteiger partial charge in [0.15, 0.2) is 0 Å². The second-order valence-corrected chi connectivity index (χ2v) is 6.01. The van der Waals surface area contributed by atoms with Crippen molar-refractivity contribution in [3.05, 3.63) is 23.8 Å². The number of benzene rings is 1. The maximum Gasteiger partial charge on any atom is 0.256 e. The van der Waals surface area contributed by atoms with E-state index in [-0.39, 0.29) is 5.91 Å². The molecular formula is C19H28N2O3. The third-order valence-corrected chi connectivity index (χ3v) is 4.02. The quantitative estimate of drug-likeness (QED) is 0.649. The first-order chi connectivity index (χ1) is 11.5. The Morgan fingerprint density at radius 1 is 1.29 bits per heavy atom. The van der Waals surface area contributed by atoms with E-state index in [9.17, 15) is 10.1 Å². The van der Waals surface area contributed by atoms with Gasteiger partial charge in [-0.05, 0) is 38.0 Å². The number of nitrogens with one attached hydrogen (secondary N) is 1. The molecule has 1 aromatic carbocycles. The van der Waals surface area contributed by atoms with Gasteiger partial charge in [-0.1, -0.05) is 33.1 Å². The Hall–Kier alpha value is -2.06. The molecule has 24 heavy (non-hydrogen) atoms. The van der Waals surface area contributed by atoms with Crippen LogP contribution in [0.2, 0.25) is 0 Å². The molecule has 1 atom stereocenters. The van der Waals surface area contributed by atoms with Crippen LogP contribution < -0.4 is 10.1 Å². The molecule has 0 radical (unpaired) electrons. The van der Waals surface area contributed by atoms with Crippen LogP contribution in [-0.2, 0) is 9.53 Å². The molecule has 0 spiro atoms. The molecule has 0 aliphatic carbocycles. The van der Waals surface area contributed by atoms with Crippen LogP contribution in [0.25, 0.3) is 0 Å². The Bertz CT molecular complexity index is 580. The third kappa shape index (κ3) is 5.54. The molecule has 0 saturated heterocycles. The lowest BCUT2D eigenvalue weighted by molar-refractivity contribution is -0.136. The molecule has 0 aliphatic rings. The standard InChI is InChI=1S/C19H28N2O3/c1-5-7-8-11-19(3,23-4)18(22)21-17-10-9-16(24-12-6-2)13-15(17)14-20/h9-10,13H,5-8,11-12H2,1-4H3,(H,21,22)/t19-/m1/s1. The zero-order valence-corrected chi connectivity index (χ0v) is 15.1. The number of amides is 1. The van der Waals surface area contributed by atoms with Crippen LogP contribution in [0.3, 0.4) is 0 Å². The molecule has 5 nitrogen and oxygen atoms in total. The van der Waals surface area contributed by atoms with Crippen molar-refractivity contribution in [2.24, 2.45) is 0 Å². The molecule has 0 aromatic heterocycles. The normalized spacial score (nSPS) is 13.0.